The van der Waals surface area contributed by atoms with Gasteiger partial charge in [0, 0.05) is 22.5 Å². The van der Waals surface area contributed by atoms with Gasteiger partial charge in [0.05, 0.1) is 0 Å². The molecule has 1 aromatic heterocycles. The van der Waals surface area contributed by atoms with Gasteiger partial charge in [0.1, 0.15) is 5.76 Å². The molecule has 21 heavy (non-hydrogen) atoms. The van der Waals surface area contributed by atoms with E-state index in [9.17, 15) is 4.39 Å². The lowest BCUT2D eigenvalue weighted by molar-refractivity contribution is 0.568. The zero-order valence-corrected chi connectivity index (χ0v) is 12.4. The molecule has 1 N–H and O–H groups in total. The van der Waals surface area contributed by atoms with E-state index in [-0.39, 0.29) is 11.4 Å². The lowest BCUT2D eigenvalue weighted by atomic mass is 10.0. The van der Waals surface area contributed by atoms with Gasteiger partial charge in [-0.25, -0.2) is 4.39 Å². The molecule has 0 unspecified atom stereocenters. The third kappa shape index (κ3) is 2.80. The van der Waals surface area contributed by atoms with E-state index >= 15 is 0 Å². The highest BCUT2D eigenvalue weighted by Gasteiger charge is 2.13. The highest BCUT2D eigenvalue weighted by atomic mass is 35.5. The zero-order chi connectivity index (χ0) is 14.8. The third-order valence-corrected chi connectivity index (χ3v) is 3.63. The summed E-state index contributed by atoms with van der Waals surface area (Å²) in [7, 11) is 0. The van der Waals surface area contributed by atoms with Gasteiger partial charge in [-0.1, -0.05) is 36.7 Å². The van der Waals surface area contributed by atoms with Crippen LogP contribution in [0.25, 0.3) is 22.3 Å². The van der Waals surface area contributed by atoms with E-state index in [2.05, 4.69) is 5.32 Å². The number of hydrogen-bond acceptors (Lipinski definition) is 2. The first-order valence-electron chi connectivity index (χ1n) is 6.86. The SMILES string of the molecule is CCNCc1ccc(Cl)cc1-c1cc2cccc(F)c2o1. The van der Waals surface area contributed by atoms with Gasteiger partial charge in [-0.2, -0.15) is 0 Å². The first-order chi connectivity index (χ1) is 10.2. The maximum atomic E-state index is 13.8. The average Bonchev–Trinajstić information content (AvgIpc) is 2.91. The van der Waals surface area contributed by atoms with E-state index < -0.39 is 0 Å². The highest BCUT2D eigenvalue weighted by molar-refractivity contribution is 6.30. The van der Waals surface area contributed by atoms with E-state index in [0.717, 1.165) is 23.1 Å². The quantitative estimate of drug-likeness (QED) is 0.733. The minimum absolute atomic E-state index is 0.280. The molecule has 3 rings (SSSR count). The Bertz CT molecular complexity index is 782. The number of fused-ring (bicyclic) bond motifs is 1. The van der Waals surface area contributed by atoms with E-state index in [1.165, 1.54) is 6.07 Å². The zero-order valence-electron chi connectivity index (χ0n) is 11.6. The molecule has 1 heterocycles. The van der Waals surface area contributed by atoms with E-state index in [1.807, 2.05) is 37.3 Å². The first kappa shape index (κ1) is 14.1. The predicted molar refractivity (Wildman–Crippen MR) is 84.0 cm³/mol. The Labute approximate surface area is 127 Å². The van der Waals surface area contributed by atoms with Gasteiger partial charge in [-0.15, -0.1) is 0 Å². The van der Waals surface area contributed by atoms with Crippen molar-refractivity contribution in [3.8, 4) is 11.3 Å². The van der Waals surface area contributed by atoms with Gasteiger partial charge in [0.15, 0.2) is 11.4 Å². The Kier molecular flexibility index (Phi) is 3.95. The molecule has 0 amide bonds. The number of halogens is 2. The van der Waals surface area contributed by atoms with Crippen LogP contribution in [0, 0.1) is 5.82 Å². The normalized spacial score (nSPS) is 11.2. The van der Waals surface area contributed by atoms with Crippen LogP contribution < -0.4 is 5.32 Å². The highest BCUT2D eigenvalue weighted by Crippen LogP contribution is 2.33. The fourth-order valence-corrected chi connectivity index (χ4v) is 2.52. The van der Waals surface area contributed by atoms with E-state index in [1.54, 1.807) is 6.07 Å². The average molecular weight is 304 g/mol. The maximum Gasteiger partial charge on any atom is 0.170 e. The molecule has 2 aromatic carbocycles. The summed E-state index contributed by atoms with van der Waals surface area (Å²) >= 11 is 6.09. The molecule has 0 aliphatic rings. The van der Waals surface area contributed by atoms with Crippen LogP contribution in [0.5, 0.6) is 0 Å². The molecule has 108 valence electrons. The van der Waals surface area contributed by atoms with Crippen molar-refractivity contribution in [1.29, 1.82) is 0 Å². The first-order valence-corrected chi connectivity index (χ1v) is 7.24. The van der Waals surface area contributed by atoms with Gasteiger partial charge in [0.25, 0.3) is 0 Å². The number of furan rings is 1. The molecule has 0 saturated carbocycles. The summed E-state index contributed by atoms with van der Waals surface area (Å²) in [6.45, 7) is 3.63. The second kappa shape index (κ2) is 5.88. The van der Waals surface area contributed by atoms with Crippen molar-refractivity contribution in [3.05, 3.63) is 58.9 Å². The van der Waals surface area contributed by atoms with Gasteiger partial charge < -0.3 is 9.73 Å². The summed E-state index contributed by atoms with van der Waals surface area (Å²) in [5.41, 5.74) is 2.24. The van der Waals surface area contributed by atoms with Crippen LogP contribution in [0.1, 0.15) is 12.5 Å². The molecule has 0 saturated heterocycles. The summed E-state index contributed by atoms with van der Waals surface area (Å²) in [5.74, 6) is 0.277. The Hall–Kier alpha value is -1.84. The maximum absolute atomic E-state index is 13.8. The second-order valence-corrected chi connectivity index (χ2v) is 5.29. The molecule has 0 bridgehead atoms. The van der Waals surface area contributed by atoms with Gasteiger partial charge >= 0.3 is 0 Å². The molecular weight excluding hydrogens is 289 g/mol. The van der Waals surface area contributed by atoms with Crippen LogP contribution in [-0.2, 0) is 6.54 Å². The molecule has 4 heteroatoms. The van der Waals surface area contributed by atoms with Gasteiger partial charge in [-0.05, 0) is 36.4 Å². The summed E-state index contributed by atoms with van der Waals surface area (Å²) in [6.07, 6.45) is 0. The predicted octanol–water partition coefficient (Wildman–Crippen LogP) is 5.00. The van der Waals surface area contributed by atoms with Crippen LogP contribution in [0.2, 0.25) is 5.02 Å². The van der Waals surface area contributed by atoms with Crippen molar-refractivity contribution in [2.24, 2.45) is 0 Å². The molecule has 0 radical (unpaired) electrons. The fraction of sp³-hybridized carbons (Fsp3) is 0.176. The summed E-state index contributed by atoms with van der Waals surface area (Å²) in [4.78, 5) is 0. The van der Waals surface area contributed by atoms with Crippen molar-refractivity contribution in [2.75, 3.05) is 6.54 Å². The lowest BCUT2D eigenvalue weighted by Crippen LogP contribution is -2.12. The fourth-order valence-electron chi connectivity index (χ4n) is 2.35. The number of rotatable bonds is 4. The Morgan fingerprint density at radius 1 is 1.19 bits per heavy atom. The molecule has 0 aliphatic heterocycles. The van der Waals surface area contributed by atoms with Crippen LogP contribution >= 0.6 is 11.6 Å². The van der Waals surface area contributed by atoms with Crippen molar-refractivity contribution in [1.82, 2.24) is 5.32 Å². The molecule has 3 aromatic rings. The smallest absolute Gasteiger partial charge is 0.170 e. The summed E-state index contributed by atoms with van der Waals surface area (Å²) in [6, 6.07) is 12.4. The second-order valence-electron chi connectivity index (χ2n) is 4.85. The molecule has 0 spiro atoms. The van der Waals surface area contributed by atoms with Gasteiger partial charge in [0.2, 0.25) is 0 Å². The van der Waals surface area contributed by atoms with Gasteiger partial charge in [-0.3, -0.25) is 0 Å². The molecule has 0 aliphatic carbocycles. The largest absolute Gasteiger partial charge is 0.453 e. The molecule has 2 nitrogen and oxygen atoms in total. The van der Waals surface area contributed by atoms with Crippen molar-refractivity contribution >= 4 is 22.6 Å². The van der Waals surface area contributed by atoms with Crippen LogP contribution in [-0.4, -0.2) is 6.54 Å². The van der Waals surface area contributed by atoms with E-state index in [0.29, 0.717) is 17.3 Å². The van der Waals surface area contributed by atoms with Crippen molar-refractivity contribution in [2.45, 2.75) is 13.5 Å². The molecule has 0 atom stereocenters. The van der Waals surface area contributed by atoms with Crippen LogP contribution in [0.15, 0.2) is 46.9 Å². The van der Waals surface area contributed by atoms with Crippen molar-refractivity contribution < 1.29 is 8.81 Å². The van der Waals surface area contributed by atoms with E-state index in [4.69, 9.17) is 16.0 Å². The van der Waals surface area contributed by atoms with Crippen LogP contribution in [0.4, 0.5) is 4.39 Å². The monoisotopic (exact) mass is 303 g/mol. The van der Waals surface area contributed by atoms with Crippen LogP contribution in [0.3, 0.4) is 0 Å². The number of benzene rings is 2. The topological polar surface area (TPSA) is 25.2 Å². The minimum Gasteiger partial charge on any atom is -0.453 e. The number of hydrogen-bond donors (Lipinski definition) is 1. The third-order valence-electron chi connectivity index (χ3n) is 3.40. The Morgan fingerprint density at radius 2 is 2.05 bits per heavy atom. The number of para-hydroxylation sites is 1. The standard InChI is InChI=1S/C17H15ClFNO/c1-2-20-10-12-6-7-13(18)9-14(12)16-8-11-4-3-5-15(19)17(11)21-16/h3-9,20H,2,10H2,1H3. The summed E-state index contributed by atoms with van der Waals surface area (Å²) < 4.78 is 19.5. The Balaban J connectivity index is 2.12. The lowest BCUT2D eigenvalue weighted by Gasteiger charge is -2.08. The Morgan fingerprint density at radius 3 is 2.81 bits per heavy atom. The van der Waals surface area contributed by atoms with Crippen molar-refractivity contribution in [3.63, 3.8) is 0 Å². The summed E-state index contributed by atoms with van der Waals surface area (Å²) in [5, 5.41) is 4.66. The minimum atomic E-state index is -0.353. The molecule has 0 fully saturated rings. The number of nitrogens with one attached hydrogen (secondary N) is 1. The molecular formula is C17H15ClFNO.